The molecule has 7 nitrogen and oxygen atoms in total. The molecule has 0 bridgehead atoms. The standard InChI is InChI=1S/C19H18FN3O4S/c1-28(26,27)22-12-9-17-18(24)21-16-7-6-11(13-4-2-3-5-15(13)20)8-14(16)19(25)23(17)10-12/h2-8,12,17,22H,9-10H2,1H3,(H,21,24)/t12-,17-/m1/s1. The highest BCUT2D eigenvalue weighted by atomic mass is 32.2. The molecule has 0 aliphatic carbocycles. The lowest BCUT2D eigenvalue weighted by Crippen LogP contribution is -2.41. The van der Waals surface area contributed by atoms with Gasteiger partial charge in [0.15, 0.2) is 0 Å². The lowest BCUT2D eigenvalue weighted by atomic mass is 10.0. The zero-order valence-corrected chi connectivity index (χ0v) is 15.8. The number of hydrogen-bond donors (Lipinski definition) is 2. The summed E-state index contributed by atoms with van der Waals surface area (Å²) in [6.07, 6.45) is 1.23. The van der Waals surface area contributed by atoms with E-state index in [1.165, 1.54) is 11.0 Å². The van der Waals surface area contributed by atoms with Crippen molar-refractivity contribution in [1.29, 1.82) is 0 Å². The fraction of sp³-hybridized carbons (Fsp3) is 0.263. The van der Waals surface area contributed by atoms with Gasteiger partial charge in [-0.1, -0.05) is 24.3 Å². The quantitative estimate of drug-likeness (QED) is 0.813. The molecule has 0 radical (unpaired) electrons. The normalized spacial score (nSPS) is 21.7. The SMILES string of the molecule is CS(=O)(=O)N[C@@H]1C[C@@H]2C(=O)Nc3ccc(-c4ccccc4F)cc3C(=O)N2C1. The highest BCUT2D eigenvalue weighted by Gasteiger charge is 2.43. The number of carbonyl (C=O) groups excluding carboxylic acids is 2. The van der Waals surface area contributed by atoms with Gasteiger partial charge >= 0.3 is 0 Å². The number of anilines is 1. The fourth-order valence-electron chi connectivity index (χ4n) is 3.76. The van der Waals surface area contributed by atoms with Gasteiger partial charge in [-0.25, -0.2) is 17.5 Å². The zero-order valence-electron chi connectivity index (χ0n) is 15.0. The van der Waals surface area contributed by atoms with E-state index in [1.54, 1.807) is 36.4 Å². The number of nitrogens with one attached hydrogen (secondary N) is 2. The van der Waals surface area contributed by atoms with Crippen LogP contribution in [0.4, 0.5) is 10.1 Å². The molecule has 9 heteroatoms. The summed E-state index contributed by atoms with van der Waals surface area (Å²) in [5.74, 6) is -1.18. The van der Waals surface area contributed by atoms with Crippen molar-refractivity contribution in [2.75, 3.05) is 18.1 Å². The number of benzene rings is 2. The lowest BCUT2D eigenvalue weighted by Gasteiger charge is -2.20. The summed E-state index contributed by atoms with van der Waals surface area (Å²) < 4.78 is 39.6. The largest absolute Gasteiger partial charge is 0.325 e. The molecule has 2 aromatic carbocycles. The van der Waals surface area contributed by atoms with Gasteiger partial charge in [-0.15, -0.1) is 0 Å². The Kier molecular flexibility index (Phi) is 4.43. The first-order chi connectivity index (χ1) is 13.2. The maximum atomic E-state index is 14.1. The first-order valence-corrected chi connectivity index (χ1v) is 10.6. The van der Waals surface area contributed by atoms with Crippen LogP contribution in [0.2, 0.25) is 0 Å². The highest BCUT2D eigenvalue weighted by molar-refractivity contribution is 7.88. The minimum Gasteiger partial charge on any atom is -0.325 e. The summed E-state index contributed by atoms with van der Waals surface area (Å²) in [4.78, 5) is 27.1. The number of hydrogen-bond acceptors (Lipinski definition) is 4. The van der Waals surface area contributed by atoms with Crippen LogP contribution in [0, 0.1) is 5.82 Å². The Bertz CT molecular complexity index is 1090. The average Bonchev–Trinajstić information content (AvgIpc) is 3.00. The fourth-order valence-corrected chi connectivity index (χ4v) is 4.54. The summed E-state index contributed by atoms with van der Waals surface area (Å²) in [6.45, 7) is 0.0906. The van der Waals surface area contributed by atoms with Crippen LogP contribution >= 0.6 is 0 Å². The first kappa shape index (κ1) is 18.6. The van der Waals surface area contributed by atoms with Crippen molar-refractivity contribution in [3.63, 3.8) is 0 Å². The molecule has 146 valence electrons. The van der Waals surface area contributed by atoms with Crippen LogP contribution in [0.15, 0.2) is 42.5 Å². The molecule has 28 heavy (non-hydrogen) atoms. The molecule has 1 fully saturated rings. The zero-order chi connectivity index (χ0) is 20.1. The van der Waals surface area contributed by atoms with Crippen molar-refractivity contribution < 1.29 is 22.4 Å². The Morgan fingerprint density at radius 2 is 1.89 bits per heavy atom. The molecular weight excluding hydrogens is 385 g/mol. The first-order valence-electron chi connectivity index (χ1n) is 8.71. The van der Waals surface area contributed by atoms with Crippen molar-refractivity contribution in [1.82, 2.24) is 9.62 Å². The third kappa shape index (κ3) is 3.38. The molecular formula is C19H18FN3O4S. The Morgan fingerprint density at radius 1 is 1.14 bits per heavy atom. The van der Waals surface area contributed by atoms with E-state index in [0.29, 0.717) is 16.8 Å². The molecule has 2 heterocycles. The van der Waals surface area contributed by atoms with Gasteiger partial charge in [-0.2, -0.15) is 0 Å². The molecule has 0 saturated carbocycles. The van der Waals surface area contributed by atoms with E-state index in [2.05, 4.69) is 10.0 Å². The second kappa shape index (κ2) is 6.68. The number of amides is 2. The molecule has 2 aromatic rings. The van der Waals surface area contributed by atoms with Gasteiger partial charge in [0.1, 0.15) is 11.9 Å². The number of rotatable bonds is 3. The summed E-state index contributed by atoms with van der Waals surface area (Å²) in [6, 6.07) is 9.71. The van der Waals surface area contributed by atoms with Crippen LogP contribution < -0.4 is 10.0 Å². The molecule has 2 N–H and O–H groups in total. The Balaban J connectivity index is 1.71. The van der Waals surface area contributed by atoms with Gasteiger partial charge in [0, 0.05) is 18.2 Å². The number of fused-ring (bicyclic) bond motifs is 2. The minimum atomic E-state index is -3.46. The molecule has 0 unspecified atom stereocenters. The molecule has 2 atom stereocenters. The van der Waals surface area contributed by atoms with Crippen LogP contribution in [-0.2, 0) is 14.8 Å². The monoisotopic (exact) mass is 403 g/mol. The molecule has 1 saturated heterocycles. The minimum absolute atomic E-state index is 0.0906. The van der Waals surface area contributed by atoms with E-state index in [1.807, 2.05) is 0 Å². The highest BCUT2D eigenvalue weighted by Crippen LogP contribution is 2.33. The van der Waals surface area contributed by atoms with Gasteiger partial charge in [-0.05, 0) is 30.2 Å². The van der Waals surface area contributed by atoms with Crippen molar-refractivity contribution in [2.45, 2.75) is 18.5 Å². The topological polar surface area (TPSA) is 95.6 Å². The maximum Gasteiger partial charge on any atom is 0.256 e. The second-order valence-electron chi connectivity index (χ2n) is 7.03. The lowest BCUT2D eigenvalue weighted by molar-refractivity contribution is -0.119. The number of carbonyl (C=O) groups is 2. The van der Waals surface area contributed by atoms with Crippen LogP contribution in [-0.4, -0.2) is 50.0 Å². The predicted molar refractivity (Wildman–Crippen MR) is 102 cm³/mol. The van der Waals surface area contributed by atoms with Crippen LogP contribution in [0.5, 0.6) is 0 Å². The summed E-state index contributed by atoms with van der Waals surface area (Å²) in [7, 11) is -3.46. The van der Waals surface area contributed by atoms with Crippen LogP contribution in [0.3, 0.4) is 0 Å². The Morgan fingerprint density at radius 3 is 2.61 bits per heavy atom. The molecule has 0 aromatic heterocycles. The van der Waals surface area contributed by atoms with Crippen molar-refractivity contribution in [3.05, 3.63) is 53.8 Å². The molecule has 2 aliphatic heterocycles. The molecule has 4 rings (SSSR count). The average molecular weight is 403 g/mol. The van der Waals surface area contributed by atoms with E-state index in [4.69, 9.17) is 0 Å². The van der Waals surface area contributed by atoms with Gasteiger partial charge in [0.2, 0.25) is 15.9 Å². The van der Waals surface area contributed by atoms with E-state index in [0.717, 1.165) is 6.26 Å². The third-order valence-electron chi connectivity index (χ3n) is 4.94. The molecule has 0 spiro atoms. The van der Waals surface area contributed by atoms with Crippen LogP contribution in [0.1, 0.15) is 16.8 Å². The van der Waals surface area contributed by atoms with Crippen molar-refractivity contribution in [2.24, 2.45) is 0 Å². The summed E-state index contributed by atoms with van der Waals surface area (Å²) in [5, 5.41) is 2.73. The maximum absolute atomic E-state index is 14.1. The van der Waals surface area contributed by atoms with Crippen LogP contribution in [0.25, 0.3) is 11.1 Å². The van der Waals surface area contributed by atoms with Gasteiger partial charge in [-0.3, -0.25) is 9.59 Å². The van der Waals surface area contributed by atoms with Crippen molar-refractivity contribution in [3.8, 4) is 11.1 Å². The van der Waals surface area contributed by atoms with Gasteiger partial charge in [0.25, 0.3) is 5.91 Å². The summed E-state index contributed by atoms with van der Waals surface area (Å²) >= 11 is 0. The second-order valence-corrected chi connectivity index (χ2v) is 8.81. The van der Waals surface area contributed by atoms with E-state index < -0.39 is 33.8 Å². The smallest absolute Gasteiger partial charge is 0.256 e. The van der Waals surface area contributed by atoms with Gasteiger partial charge < -0.3 is 10.2 Å². The molecule has 2 amide bonds. The van der Waals surface area contributed by atoms with E-state index >= 15 is 0 Å². The van der Waals surface area contributed by atoms with Crippen molar-refractivity contribution >= 4 is 27.5 Å². The predicted octanol–water partition coefficient (Wildman–Crippen LogP) is 1.58. The van der Waals surface area contributed by atoms with E-state index in [-0.39, 0.29) is 24.4 Å². The Labute approximate surface area is 161 Å². The molecule has 2 aliphatic rings. The Hall–Kier alpha value is -2.78. The third-order valence-corrected chi connectivity index (χ3v) is 5.70. The summed E-state index contributed by atoms with van der Waals surface area (Å²) in [5.41, 5.74) is 1.47. The van der Waals surface area contributed by atoms with E-state index in [9.17, 15) is 22.4 Å². The van der Waals surface area contributed by atoms with Gasteiger partial charge in [0.05, 0.1) is 17.5 Å². The number of sulfonamides is 1. The number of halogens is 1. The number of nitrogens with zero attached hydrogens (tertiary/aromatic N) is 1.